The Hall–Kier alpha value is -3.53. The average Bonchev–Trinajstić information content (AvgIpc) is 2.77. The maximum atomic E-state index is 13.2. The molecule has 0 saturated carbocycles. The highest BCUT2D eigenvalue weighted by Gasteiger charge is 2.33. The van der Waals surface area contributed by atoms with Crippen molar-refractivity contribution in [3.8, 4) is 0 Å². The summed E-state index contributed by atoms with van der Waals surface area (Å²) in [7, 11) is -0.188. The summed E-state index contributed by atoms with van der Waals surface area (Å²) in [6.07, 6.45) is 0. The van der Waals surface area contributed by atoms with Gasteiger partial charge >= 0.3 is 5.97 Å². The van der Waals surface area contributed by atoms with Crippen LogP contribution in [-0.2, 0) is 24.2 Å². The monoisotopic (exact) mass is 486 g/mol. The lowest BCUT2D eigenvalue weighted by Gasteiger charge is -2.41. The van der Waals surface area contributed by atoms with Gasteiger partial charge in [-0.05, 0) is 43.7 Å². The Kier molecular flexibility index (Phi) is 7.51. The van der Waals surface area contributed by atoms with Crippen LogP contribution in [0, 0.1) is 6.92 Å². The Bertz CT molecular complexity index is 1190. The number of nitrogens with zero attached hydrogens (tertiary/aromatic N) is 2. The Morgan fingerprint density at radius 2 is 1.71 bits per heavy atom. The van der Waals surface area contributed by atoms with Gasteiger partial charge in [-0.1, -0.05) is 29.8 Å². The van der Waals surface area contributed by atoms with Crippen molar-refractivity contribution in [3.63, 3.8) is 0 Å². The first kappa shape index (κ1) is 25.1. The minimum absolute atomic E-state index is 0.0359. The molecule has 2 aromatic rings. The highest BCUT2D eigenvalue weighted by atomic mass is 32.2. The summed E-state index contributed by atoms with van der Waals surface area (Å²) < 4.78 is 29.5. The normalized spacial score (nSPS) is 16.4. The number of sulfone groups is 1. The molecule has 1 heterocycles. The summed E-state index contributed by atoms with van der Waals surface area (Å²) >= 11 is 0. The van der Waals surface area contributed by atoms with E-state index in [4.69, 9.17) is 10.5 Å². The number of hydrogen-bond donors (Lipinski definition) is 2. The molecule has 0 aromatic heterocycles. The van der Waals surface area contributed by atoms with E-state index in [1.807, 2.05) is 55.1 Å². The molecule has 10 heteroatoms. The van der Waals surface area contributed by atoms with E-state index < -0.39 is 27.5 Å². The zero-order chi connectivity index (χ0) is 25.0. The third kappa shape index (κ3) is 5.51. The van der Waals surface area contributed by atoms with Crippen LogP contribution in [0.5, 0.6) is 0 Å². The van der Waals surface area contributed by atoms with E-state index in [0.717, 1.165) is 11.1 Å². The summed E-state index contributed by atoms with van der Waals surface area (Å²) in [6.45, 7) is 4.35. The van der Waals surface area contributed by atoms with E-state index in [2.05, 4.69) is 5.32 Å². The van der Waals surface area contributed by atoms with Crippen LogP contribution in [0.15, 0.2) is 64.9 Å². The molecule has 3 N–H and O–H groups in total. The number of nitrogens with two attached hydrogens (primary N) is 1. The standard InChI is InChI=1S/C24H30N4O5S/c1-5-33-21(29)15-34(31,32)19-12-10-18(11-13-19)26-24(30)22-23(25)27(3)14-20(28(22)4)17-8-6-16(2)7-9-17/h6-13,20H,5,14-15,25H2,1-4H3,(H,26,30). The first-order valence-corrected chi connectivity index (χ1v) is 12.5. The molecule has 2 aromatic carbocycles. The minimum atomic E-state index is -3.84. The Balaban J connectivity index is 1.78. The number of benzene rings is 2. The molecular weight excluding hydrogens is 456 g/mol. The van der Waals surface area contributed by atoms with Crippen LogP contribution in [0.1, 0.15) is 24.1 Å². The Morgan fingerprint density at radius 1 is 1.09 bits per heavy atom. The number of anilines is 1. The maximum Gasteiger partial charge on any atom is 0.321 e. The van der Waals surface area contributed by atoms with Crippen molar-refractivity contribution < 1.29 is 22.7 Å². The molecular formula is C24H30N4O5S. The highest BCUT2D eigenvalue weighted by molar-refractivity contribution is 7.92. The number of aryl methyl sites for hydroxylation is 1. The maximum absolute atomic E-state index is 13.2. The van der Waals surface area contributed by atoms with Crippen molar-refractivity contribution in [2.45, 2.75) is 24.8 Å². The average molecular weight is 487 g/mol. The van der Waals surface area contributed by atoms with Crippen LogP contribution in [0.3, 0.4) is 0 Å². The topological polar surface area (TPSA) is 122 Å². The molecule has 1 amide bonds. The van der Waals surface area contributed by atoms with Gasteiger partial charge in [0.25, 0.3) is 5.91 Å². The zero-order valence-electron chi connectivity index (χ0n) is 19.7. The second-order valence-electron chi connectivity index (χ2n) is 8.19. The third-order valence-corrected chi connectivity index (χ3v) is 7.29. The van der Waals surface area contributed by atoms with Gasteiger partial charge in [0.05, 0.1) is 17.5 Å². The summed E-state index contributed by atoms with van der Waals surface area (Å²) in [5, 5.41) is 2.78. The molecule has 0 spiro atoms. The van der Waals surface area contributed by atoms with Gasteiger partial charge in [0.1, 0.15) is 11.5 Å². The fraction of sp³-hybridized carbons (Fsp3) is 0.333. The molecule has 1 aliphatic rings. The summed E-state index contributed by atoms with van der Waals surface area (Å²) in [5.41, 5.74) is 9.19. The van der Waals surface area contributed by atoms with Crippen molar-refractivity contribution >= 4 is 27.4 Å². The quantitative estimate of drug-likeness (QED) is 0.570. The second-order valence-corrected chi connectivity index (χ2v) is 10.2. The van der Waals surface area contributed by atoms with E-state index >= 15 is 0 Å². The van der Waals surface area contributed by atoms with Crippen LogP contribution < -0.4 is 11.1 Å². The van der Waals surface area contributed by atoms with Crippen LogP contribution >= 0.6 is 0 Å². The van der Waals surface area contributed by atoms with Gasteiger partial charge in [-0.3, -0.25) is 9.59 Å². The van der Waals surface area contributed by atoms with Crippen molar-refractivity contribution in [1.82, 2.24) is 9.80 Å². The zero-order valence-corrected chi connectivity index (χ0v) is 20.6. The van der Waals surface area contributed by atoms with Crippen molar-refractivity contribution in [2.24, 2.45) is 5.73 Å². The molecule has 34 heavy (non-hydrogen) atoms. The number of rotatable bonds is 7. The van der Waals surface area contributed by atoms with Gasteiger partial charge < -0.3 is 25.6 Å². The Morgan fingerprint density at radius 3 is 2.29 bits per heavy atom. The predicted octanol–water partition coefficient (Wildman–Crippen LogP) is 2.02. The molecule has 1 atom stereocenters. The van der Waals surface area contributed by atoms with E-state index in [1.54, 1.807) is 6.92 Å². The number of carbonyl (C=O) groups excluding carboxylic acids is 2. The molecule has 1 aliphatic heterocycles. The molecule has 0 saturated heterocycles. The largest absolute Gasteiger partial charge is 0.465 e. The third-order valence-electron chi connectivity index (χ3n) is 5.68. The Labute approximate surface area is 200 Å². The van der Waals surface area contributed by atoms with Crippen molar-refractivity contribution in [2.75, 3.05) is 38.3 Å². The van der Waals surface area contributed by atoms with E-state index in [-0.39, 0.29) is 17.5 Å². The fourth-order valence-corrected chi connectivity index (χ4v) is 4.88. The first-order chi connectivity index (χ1) is 16.0. The molecule has 3 rings (SSSR count). The van der Waals surface area contributed by atoms with Crippen LogP contribution in [0.2, 0.25) is 0 Å². The van der Waals surface area contributed by atoms with Gasteiger partial charge in [0.2, 0.25) is 0 Å². The molecule has 0 aliphatic carbocycles. The number of ether oxygens (including phenoxy) is 1. The summed E-state index contributed by atoms with van der Waals surface area (Å²) in [6, 6.07) is 13.7. The van der Waals surface area contributed by atoms with Crippen molar-refractivity contribution in [1.29, 1.82) is 0 Å². The van der Waals surface area contributed by atoms with Gasteiger partial charge in [0, 0.05) is 26.3 Å². The summed E-state index contributed by atoms with van der Waals surface area (Å²) in [5.74, 6) is -1.62. The van der Waals surface area contributed by atoms with Crippen LogP contribution in [0.4, 0.5) is 5.69 Å². The first-order valence-electron chi connectivity index (χ1n) is 10.8. The second kappa shape index (κ2) is 10.2. The number of esters is 1. The lowest BCUT2D eigenvalue weighted by Crippen LogP contribution is -2.46. The fourth-order valence-electron chi connectivity index (χ4n) is 3.77. The van der Waals surface area contributed by atoms with Gasteiger partial charge in [-0.15, -0.1) is 0 Å². The minimum Gasteiger partial charge on any atom is -0.465 e. The molecule has 0 fully saturated rings. The van der Waals surface area contributed by atoms with Gasteiger partial charge in [-0.2, -0.15) is 0 Å². The number of likely N-dealkylation sites (N-methyl/N-ethyl adjacent to an activating group) is 2. The van der Waals surface area contributed by atoms with Crippen LogP contribution in [-0.4, -0.2) is 63.1 Å². The molecule has 9 nitrogen and oxygen atoms in total. The van der Waals surface area contributed by atoms with Gasteiger partial charge in [0.15, 0.2) is 15.6 Å². The number of hydrogen-bond acceptors (Lipinski definition) is 8. The van der Waals surface area contributed by atoms with E-state index in [0.29, 0.717) is 23.8 Å². The molecule has 0 radical (unpaired) electrons. The SMILES string of the molecule is CCOC(=O)CS(=O)(=O)c1ccc(NC(=O)C2=C(N)N(C)CC(c3ccc(C)cc3)N2C)cc1. The smallest absolute Gasteiger partial charge is 0.321 e. The van der Waals surface area contributed by atoms with E-state index in [1.165, 1.54) is 24.3 Å². The summed E-state index contributed by atoms with van der Waals surface area (Å²) in [4.78, 5) is 28.4. The molecule has 182 valence electrons. The highest BCUT2D eigenvalue weighted by Crippen LogP contribution is 2.31. The van der Waals surface area contributed by atoms with Crippen LogP contribution in [0.25, 0.3) is 0 Å². The van der Waals surface area contributed by atoms with Gasteiger partial charge in [-0.25, -0.2) is 8.42 Å². The number of nitrogens with one attached hydrogen (secondary N) is 1. The molecule has 1 unspecified atom stereocenters. The lowest BCUT2D eigenvalue weighted by molar-refractivity contribution is -0.140. The van der Waals surface area contributed by atoms with E-state index in [9.17, 15) is 18.0 Å². The number of amides is 1. The molecule has 0 bridgehead atoms. The van der Waals surface area contributed by atoms with Crippen molar-refractivity contribution in [3.05, 3.63) is 71.2 Å². The lowest BCUT2D eigenvalue weighted by atomic mass is 10.0. The number of carbonyl (C=O) groups is 2. The predicted molar refractivity (Wildman–Crippen MR) is 129 cm³/mol.